The van der Waals surface area contributed by atoms with E-state index in [-0.39, 0.29) is 6.61 Å². The van der Waals surface area contributed by atoms with E-state index in [4.69, 9.17) is 4.74 Å². The minimum Gasteiger partial charge on any atom is -0.473 e. The lowest BCUT2D eigenvalue weighted by molar-refractivity contribution is 0.102. The van der Waals surface area contributed by atoms with Crippen molar-refractivity contribution < 1.29 is 9.84 Å². The van der Waals surface area contributed by atoms with E-state index in [1.54, 1.807) is 0 Å². The molecule has 0 aliphatic carbocycles. The lowest BCUT2D eigenvalue weighted by Crippen LogP contribution is -2.35. The van der Waals surface area contributed by atoms with Gasteiger partial charge in [0.15, 0.2) is 0 Å². The number of aromatic nitrogens is 1. The molecule has 1 unspecified atom stereocenters. The number of rotatable bonds is 6. The van der Waals surface area contributed by atoms with Crippen LogP contribution in [0.1, 0.15) is 13.8 Å². The Kier molecular flexibility index (Phi) is 5.52. The lowest BCUT2D eigenvalue weighted by Gasteiger charge is -2.14. The molecule has 0 aliphatic rings. The first kappa shape index (κ1) is 12.9. The van der Waals surface area contributed by atoms with Crippen molar-refractivity contribution in [2.75, 3.05) is 13.2 Å². The van der Waals surface area contributed by atoms with E-state index >= 15 is 0 Å². The Morgan fingerprint density at radius 1 is 1.67 bits per heavy atom. The number of nitrogens with zero attached hydrogens (tertiary/aromatic N) is 1. The number of hydrogen-bond donors (Lipinski definition) is 2. The van der Waals surface area contributed by atoms with Gasteiger partial charge < -0.3 is 15.2 Å². The lowest BCUT2D eigenvalue weighted by atomic mass is 10.3. The third-order valence-electron chi connectivity index (χ3n) is 1.67. The van der Waals surface area contributed by atoms with E-state index in [0.29, 0.717) is 18.5 Å². The second-order valence-corrected chi connectivity index (χ2v) is 4.98. The first-order valence-corrected chi connectivity index (χ1v) is 6.36. The van der Waals surface area contributed by atoms with Crippen LogP contribution in [0.2, 0.25) is 0 Å². The molecule has 1 atom stereocenters. The van der Waals surface area contributed by atoms with Gasteiger partial charge in [-0.1, -0.05) is 13.8 Å². The van der Waals surface area contributed by atoms with Crippen LogP contribution in [0.25, 0.3) is 0 Å². The Morgan fingerprint density at radius 3 is 2.93 bits per heavy atom. The largest absolute Gasteiger partial charge is 0.473 e. The molecule has 0 amide bonds. The number of ether oxygens (including phenoxy) is 1. The highest BCUT2D eigenvalue weighted by Gasteiger charge is 2.09. The molecule has 0 saturated heterocycles. The van der Waals surface area contributed by atoms with E-state index in [1.807, 2.05) is 19.2 Å². The number of halogens is 1. The first-order valence-electron chi connectivity index (χ1n) is 4.73. The third kappa shape index (κ3) is 4.92. The molecule has 15 heavy (non-hydrogen) atoms. The molecule has 4 nitrogen and oxygen atoms in total. The van der Waals surface area contributed by atoms with E-state index in [2.05, 4.69) is 25.6 Å². The highest BCUT2D eigenvalue weighted by molar-refractivity contribution is 9.10. The summed E-state index contributed by atoms with van der Waals surface area (Å²) in [6.45, 7) is 4.84. The zero-order chi connectivity index (χ0) is 11.3. The minimum absolute atomic E-state index is 0.252. The van der Waals surface area contributed by atoms with Crippen molar-refractivity contribution in [2.45, 2.75) is 26.0 Å². The molecule has 86 valence electrons. The van der Waals surface area contributed by atoms with Crippen LogP contribution in [0.4, 0.5) is 0 Å². The SMILES string of the molecule is CC(C)NCC(O)COc1nscc1Br. The Labute approximate surface area is 102 Å². The molecule has 1 aromatic heterocycles. The van der Waals surface area contributed by atoms with Gasteiger partial charge in [0, 0.05) is 18.0 Å². The number of hydrogen-bond acceptors (Lipinski definition) is 5. The van der Waals surface area contributed by atoms with E-state index < -0.39 is 6.10 Å². The van der Waals surface area contributed by atoms with Crippen LogP contribution in [0.5, 0.6) is 5.88 Å². The molecular weight excluding hydrogens is 280 g/mol. The minimum atomic E-state index is -0.513. The summed E-state index contributed by atoms with van der Waals surface area (Å²) >= 11 is 4.62. The summed E-state index contributed by atoms with van der Waals surface area (Å²) in [5, 5.41) is 14.5. The molecule has 1 aromatic rings. The molecule has 2 N–H and O–H groups in total. The van der Waals surface area contributed by atoms with Crippen molar-refractivity contribution in [3.05, 3.63) is 9.85 Å². The van der Waals surface area contributed by atoms with Crippen LogP contribution in [0.15, 0.2) is 9.85 Å². The van der Waals surface area contributed by atoms with Crippen molar-refractivity contribution in [1.82, 2.24) is 9.69 Å². The van der Waals surface area contributed by atoms with Crippen molar-refractivity contribution >= 4 is 27.5 Å². The fraction of sp³-hybridized carbons (Fsp3) is 0.667. The van der Waals surface area contributed by atoms with Gasteiger partial charge in [0.25, 0.3) is 0 Å². The van der Waals surface area contributed by atoms with Gasteiger partial charge in [-0.05, 0) is 27.5 Å². The predicted molar refractivity (Wildman–Crippen MR) is 64.5 cm³/mol. The Balaban J connectivity index is 2.22. The average Bonchev–Trinajstić information content (AvgIpc) is 2.58. The molecule has 0 radical (unpaired) electrons. The first-order chi connectivity index (χ1) is 7.09. The number of aliphatic hydroxyl groups is 1. The van der Waals surface area contributed by atoms with Crippen LogP contribution in [-0.4, -0.2) is 34.8 Å². The summed E-state index contributed by atoms with van der Waals surface area (Å²) in [6.07, 6.45) is -0.513. The van der Waals surface area contributed by atoms with E-state index in [1.165, 1.54) is 11.5 Å². The maximum absolute atomic E-state index is 9.56. The maximum atomic E-state index is 9.56. The average molecular weight is 295 g/mol. The summed E-state index contributed by atoms with van der Waals surface area (Å²) in [4.78, 5) is 0. The zero-order valence-electron chi connectivity index (χ0n) is 8.74. The third-order valence-corrected chi connectivity index (χ3v) is 3.15. The van der Waals surface area contributed by atoms with Gasteiger partial charge in [0.1, 0.15) is 12.7 Å². The van der Waals surface area contributed by atoms with Crippen LogP contribution in [0, 0.1) is 0 Å². The summed E-state index contributed by atoms with van der Waals surface area (Å²) in [5.41, 5.74) is 0. The highest BCUT2D eigenvalue weighted by atomic mass is 79.9. The fourth-order valence-electron chi connectivity index (χ4n) is 0.916. The monoisotopic (exact) mass is 294 g/mol. The summed E-state index contributed by atoms with van der Waals surface area (Å²) in [5.74, 6) is 0.545. The normalized spacial score (nSPS) is 13.1. The molecule has 0 fully saturated rings. The summed E-state index contributed by atoms with van der Waals surface area (Å²) < 4.78 is 10.2. The fourth-order valence-corrected chi connectivity index (χ4v) is 1.98. The van der Waals surface area contributed by atoms with Crippen molar-refractivity contribution in [3.63, 3.8) is 0 Å². The zero-order valence-corrected chi connectivity index (χ0v) is 11.1. The van der Waals surface area contributed by atoms with Gasteiger partial charge >= 0.3 is 0 Å². The van der Waals surface area contributed by atoms with Crippen LogP contribution in [0.3, 0.4) is 0 Å². The van der Waals surface area contributed by atoms with Crippen LogP contribution >= 0.6 is 27.5 Å². The second-order valence-electron chi connectivity index (χ2n) is 3.50. The Morgan fingerprint density at radius 2 is 2.40 bits per heavy atom. The number of aliphatic hydroxyl groups excluding tert-OH is 1. The van der Waals surface area contributed by atoms with Gasteiger partial charge in [0.05, 0.1) is 4.47 Å². The molecule has 1 heterocycles. The van der Waals surface area contributed by atoms with Crippen molar-refractivity contribution in [2.24, 2.45) is 0 Å². The molecule has 0 bridgehead atoms. The van der Waals surface area contributed by atoms with Gasteiger partial charge in [-0.3, -0.25) is 0 Å². The molecule has 0 saturated carbocycles. The molecule has 6 heteroatoms. The Bertz CT molecular complexity index is 293. The standard InChI is InChI=1S/C9H15BrN2O2S/c1-6(2)11-3-7(13)4-14-9-8(10)5-15-12-9/h5-7,11,13H,3-4H2,1-2H3. The second kappa shape index (κ2) is 6.42. The molecule has 0 aromatic carbocycles. The van der Waals surface area contributed by atoms with Gasteiger partial charge in [-0.25, -0.2) is 0 Å². The summed E-state index contributed by atoms with van der Waals surface area (Å²) in [7, 11) is 0. The van der Waals surface area contributed by atoms with E-state index in [9.17, 15) is 5.11 Å². The topological polar surface area (TPSA) is 54.4 Å². The van der Waals surface area contributed by atoms with Crippen molar-refractivity contribution in [1.29, 1.82) is 0 Å². The predicted octanol–water partition coefficient (Wildman–Crippen LogP) is 1.64. The quantitative estimate of drug-likeness (QED) is 0.838. The molecule has 0 aliphatic heterocycles. The van der Waals surface area contributed by atoms with Gasteiger partial charge in [-0.2, -0.15) is 4.37 Å². The van der Waals surface area contributed by atoms with Gasteiger partial charge in [-0.15, -0.1) is 0 Å². The van der Waals surface area contributed by atoms with Crippen LogP contribution < -0.4 is 10.1 Å². The van der Waals surface area contributed by atoms with Gasteiger partial charge in [0.2, 0.25) is 5.88 Å². The Hall–Kier alpha value is -0.170. The smallest absolute Gasteiger partial charge is 0.239 e. The molecule has 1 rings (SSSR count). The molecular formula is C9H15BrN2O2S. The molecule has 0 spiro atoms. The van der Waals surface area contributed by atoms with E-state index in [0.717, 1.165) is 4.47 Å². The number of nitrogens with one attached hydrogen (secondary N) is 1. The maximum Gasteiger partial charge on any atom is 0.239 e. The van der Waals surface area contributed by atoms with Crippen LogP contribution in [-0.2, 0) is 0 Å². The van der Waals surface area contributed by atoms with Crippen molar-refractivity contribution in [3.8, 4) is 5.88 Å². The highest BCUT2D eigenvalue weighted by Crippen LogP contribution is 2.24. The summed E-state index contributed by atoms with van der Waals surface area (Å²) in [6, 6.07) is 0.366.